The van der Waals surface area contributed by atoms with Crippen molar-refractivity contribution < 1.29 is 0 Å². The molecule has 0 spiro atoms. The highest BCUT2D eigenvalue weighted by Crippen LogP contribution is 2.22. The lowest BCUT2D eigenvalue weighted by Crippen LogP contribution is -2.03. The minimum absolute atomic E-state index is 0.881. The number of aryl methyl sites for hydroxylation is 5. The Labute approximate surface area is 116 Å². The molecule has 0 bridgehead atoms. The van der Waals surface area contributed by atoms with E-state index in [0.717, 1.165) is 6.54 Å². The minimum Gasteiger partial charge on any atom is -0.381 e. The van der Waals surface area contributed by atoms with Crippen LogP contribution in [-0.2, 0) is 6.54 Å². The second-order valence-electron chi connectivity index (χ2n) is 5.55. The topological polar surface area (TPSA) is 12.0 Å². The first-order chi connectivity index (χ1) is 8.97. The van der Waals surface area contributed by atoms with E-state index in [4.69, 9.17) is 0 Å². The number of nitrogens with one attached hydrogen (secondary N) is 1. The predicted molar refractivity (Wildman–Crippen MR) is 83.9 cm³/mol. The average Bonchev–Trinajstić information content (AvgIpc) is 2.32. The van der Waals surface area contributed by atoms with Gasteiger partial charge in [-0.05, 0) is 62.4 Å². The van der Waals surface area contributed by atoms with E-state index in [1.165, 1.54) is 39.1 Å². The molecule has 0 saturated carbocycles. The molecule has 1 N–H and O–H groups in total. The summed E-state index contributed by atoms with van der Waals surface area (Å²) in [4.78, 5) is 0. The summed E-state index contributed by atoms with van der Waals surface area (Å²) in [5.41, 5.74) is 9.28. The van der Waals surface area contributed by atoms with Crippen LogP contribution in [0.3, 0.4) is 0 Å². The van der Waals surface area contributed by atoms with Crippen LogP contribution in [0.5, 0.6) is 0 Å². The lowest BCUT2D eigenvalue weighted by molar-refractivity contribution is 1.11. The van der Waals surface area contributed by atoms with Crippen LogP contribution in [0.15, 0.2) is 30.3 Å². The summed E-state index contributed by atoms with van der Waals surface area (Å²) in [5, 5.41) is 3.57. The summed E-state index contributed by atoms with van der Waals surface area (Å²) in [6.45, 7) is 11.7. The van der Waals surface area contributed by atoms with Gasteiger partial charge in [-0.25, -0.2) is 0 Å². The fraction of sp³-hybridized carbons (Fsp3) is 0.333. The van der Waals surface area contributed by atoms with Crippen LogP contribution in [0.1, 0.15) is 33.4 Å². The van der Waals surface area contributed by atoms with Gasteiger partial charge >= 0.3 is 0 Å². The molecule has 0 unspecified atom stereocenters. The maximum atomic E-state index is 3.57. The Balaban J connectivity index is 2.16. The van der Waals surface area contributed by atoms with Crippen LogP contribution >= 0.6 is 0 Å². The van der Waals surface area contributed by atoms with Crippen LogP contribution in [0.2, 0.25) is 0 Å². The molecule has 0 heterocycles. The molecule has 1 nitrogen and oxygen atoms in total. The Bertz CT molecular complexity index is 574. The first kappa shape index (κ1) is 13.7. The summed E-state index contributed by atoms with van der Waals surface area (Å²) in [6, 6.07) is 11.1. The number of rotatable bonds is 3. The highest BCUT2D eigenvalue weighted by atomic mass is 14.9. The van der Waals surface area contributed by atoms with E-state index in [-0.39, 0.29) is 0 Å². The van der Waals surface area contributed by atoms with Crippen molar-refractivity contribution in [2.75, 3.05) is 5.32 Å². The number of hydrogen-bond donors (Lipinski definition) is 1. The van der Waals surface area contributed by atoms with Crippen molar-refractivity contribution >= 4 is 5.69 Å². The van der Waals surface area contributed by atoms with Gasteiger partial charge in [-0.15, -0.1) is 0 Å². The Morgan fingerprint density at radius 1 is 0.737 bits per heavy atom. The van der Waals surface area contributed by atoms with E-state index in [2.05, 4.69) is 70.3 Å². The van der Waals surface area contributed by atoms with Crippen molar-refractivity contribution in [2.24, 2.45) is 0 Å². The van der Waals surface area contributed by atoms with E-state index in [1.807, 2.05) is 0 Å². The summed E-state index contributed by atoms with van der Waals surface area (Å²) >= 11 is 0. The zero-order valence-electron chi connectivity index (χ0n) is 12.6. The third-order valence-electron chi connectivity index (χ3n) is 3.72. The molecule has 19 heavy (non-hydrogen) atoms. The van der Waals surface area contributed by atoms with E-state index in [9.17, 15) is 0 Å². The summed E-state index contributed by atoms with van der Waals surface area (Å²) in [5.74, 6) is 0. The Morgan fingerprint density at radius 2 is 1.37 bits per heavy atom. The summed E-state index contributed by atoms with van der Waals surface area (Å²) < 4.78 is 0. The van der Waals surface area contributed by atoms with E-state index < -0.39 is 0 Å². The van der Waals surface area contributed by atoms with Gasteiger partial charge in [-0.2, -0.15) is 0 Å². The van der Waals surface area contributed by atoms with Crippen LogP contribution in [0.25, 0.3) is 0 Å². The molecule has 0 atom stereocenters. The largest absolute Gasteiger partial charge is 0.381 e. The second kappa shape index (κ2) is 5.48. The molecule has 0 amide bonds. The zero-order chi connectivity index (χ0) is 14.0. The molecule has 0 saturated heterocycles. The summed E-state index contributed by atoms with van der Waals surface area (Å²) in [6.07, 6.45) is 0. The van der Waals surface area contributed by atoms with Crippen LogP contribution in [0.4, 0.5) is 5.69 Å². The normalized spacial score (nSPS) is 10.6. The highest BCUT2D eigenvalue weighted by Gasteiger charge is 2.04. The van der Waals surface area contributed by atoms with Crippen molar-refractivity contribution in [3.63, 3.8) is 0 Å². The highest BCUT2D eigenvalue weighted by molar-refractivity contribution is 5.58. The average molecular weight is 253 g/mol. The van der Waals surface area contributed by atoms with Crippen molar-refractivity contribution in [3.05, 3.63) is 63.7 Å². The van der Waals surface area contributed by atoms with E-state index >= 15 is 0 Å². The fourth-order valence-corrected chi connectivity index (χ4v) is 2.56. The van der Waals surface area contributed by atoms with Crippen molar-refractivity contribution in [1.82, 2.24) is 0 Å². The number of hydrogen-bond acceptors (Lipinski definition) is 1. The SMILES string of the molecule is Cc1cc(C)c(NCc2ccc(C)c(C)c2)c(C)c1. The molecule has 0 fully saturated rings. The number of benzene rings is 2. The third kappa shape index (κ3) is 3.17. The van der Waals surface area contributed by atoms with Crippen molar-refractivity contribution in [3.8, 4) is 0 Å². The van der Waals surface area contributed by atoms with Gasteiger partial charge in [0.25, 0.3) is 0 Å². The van der Waals surface area contributed by atoms with Crippen molar-refractivity contribution in [2.45, 2.75) is 41.2 Å². The standard InChI is InChI=1S/C18H23N/c1-12-8-15(4)18(16(5)9-12)19-11-17-7-6-13(2)14(3)10-17/h6-10,19H,11H2,1-5H3. The molecule has 0 aliphatic rings. The van der Waals surface area contributed by atoms with Gasteiger partial charge in [0.15, 0.2) is 0 Å². The third-order valence-corrected chi connectivity index (χ3v) is 3.72. The van der Waals surface area contributed by atoms with Gasteiger partial charge in [-0.3, -0.25) is 0 Å². The molecule has 2 rings (SSSR count). The minimum atomic E-state index is 0.881. The maximum Gasteiger partial charge on any atom is 0.0402 e. The smallest absolute Gasteiger partial charge is 0.0402 e. The molecule has 0 aromatic heterocycles. The summed E-state index contributed by atoms with van der Waals surface area (Å²) in [7, 11) is 0. The van der Waals surface area contributed by atoms with Crippen LogP contribution < -0.4 is 5.32 Å². The molecule has 0 radical (unpaired) electrons. The lowest BCUT2D eigenvalue weighted by Gasteiger charge is -2.14. The van der Waals surface area contributed by atoms with Crippen molar-refractivity contribution in [1.29, 1.82) is 0 Å². The molecular formula is C18H23N. The van der Waals surface area contributed by atoms with Gasteiger partial charge < -0.3 is 5.32 Å². The van der Waals surface area contributed by atoms with Gasteiger partial charge in [0.1, 0.15) is 0 Å². The Morgan fingerprint density at radius 3 is 1.95 bits per heavy atom. The molecule has 100 valence electrons. The van der Waals surface area contributed by atoms with Gasteiger partial charge in [-0.1, -0.05) is 35.9 Å². The molecule has 2 aromatic carbocycles. The molecule has 0 aliphatic carbocycles. The maximum absolute atomic E-state index is 3.57. The Hall–Kier alpha value is -1.76. The Kier molecular flexibility index (Phi) is 3.94. The van der Waals surface area contributed by atoms with Gasteiger partial charge in [0.05, 0.1) is 0 Å². The molecule has 1 heteroatoms. The molecular weight excluding hydrogens is 230 g/mol. The molecule has 2 aromatic rings. The first-order valence-electron chi connectivity index (χ1n) is 6.85. The lowest BCUT2D eigenvalue weighted by atomic mass is 10.0. The van der Waals surface area contributed by atoms with Crippen LogP contribution in [-0.4, -0.2) is 0 Å². The van der Waals surface area contributed by atoms with Gasteiger partial charge in [0, 0.05) is 12.2 Å². The fourth-order valence-electron chi connectivity index (χ4n) is 2.56. The molecule has 0 aliphatic heterocycles. The first-order valence-corrected chi connectivity index (χ1v) is 6.85. The van der Waals surface area contributed by atoms with Gasteiger partial charge in [0.2, 0.25) is 0 Å². The second-order valence-corrected chi connectivity index (χ2v) is 5.55. The predicted octanol–water partition coefficient (Wildman–Crippen LogP) is 4.84. The quantitative estimate of drug-likeness (QED) is 0.825. The number of anilines is 1. The van der Waals surface area contributed by atoms with E-state index in [0.29, 0.717) is 0 Å². The van der Waals surface area contributed by atoms with E-state index in [1.54, 1.807) is 0 Å². The monoisotopic (exact) mass is 253 g/mol. The van der Waals surface area contributed by atoms with Crippen LogP contribution in [0, 0.1) is 34.6 Å². The zero-order valence-corrected chi connectivity index (χ0v) is 12.6.